The lowest BCUT2D eigenvalue weighted by Crippen LogP contribution is -2.18. The molecular formula is C21H27N3O2S. The van der Waals surface area contributed by atoms with Gasteiger partial charge >= 0.3 is 0 Å². The molecule has 5 nitrogen and oxygen atoms in total. The first-order valence-electron chi connectivity index (χ1n) is 8.69. The fraction of sp³-hybridized carbons (Fsp3) is 0.286. The van der Waals surface area contributed by atoms with E-state index in [1.54, 1.807) is 18.2 Å². The van der Waals surface area contributed by atoms with Gasteiger partial charge in [0.05, 0.1) is 4.90 Å². The Morgan fingerprint density at radius 2 is 1.56 bits per heavy atom. The van der Waals surface area contributed by atoms with Crippen LogP contribution in [0.4, 0.5) is 5.69 Å². The van der Waals surface area contributed by atoms with E-state index in [4.69, 9.17) is 0 Å². The molecule has 6 heteroatoms. The van der Waals surface area contributed by atoms with Crippen LogP contribution in [0.3, 0.4) is 0 Å². The summed E-state index contributed by atoms with van der Waals surface area (Å²) in [5, 5.41) is 3.79. The largest absolute Gasteiger partial charge is 0.378 e. The number of rotatable bonds is 6. The van der Waals surface area contributed by atoms with Crippen molar-refractivity contribution in [2.24, 2.45) is 5.10 Å². The van der Waals surface area contributed by atoms with Crippen LogP contribution < -0.4 is 9.73 Å². The van der Waals surface area contributed by atoms with Crippen molar-refractivity contribution in [1.29, 1.82) is 0 Å². The van der Waals surface area contributed by atoms with Crippen LogP contribution in [0, 0.1) is 0 Å². The SMILES string of the molecule is CN(C)c1ccc(/C=C/C=N\NS(=O)(=O)c2ccc(C(C)(C)C)cc2)cc1. The molecule has 0 atom stereocenters. The van der Waals surface area contributed by atoms with Crippen molar-refractivity contribution >= 4 is 28.0 Å². The van der Waals surface area contributed by atoms with Gasteiger partial charge in [-0.25, -0.2) is 4.83 Å². The molecule has 0 saturated carbocycles. The van der Waals surface area contributed by atoms with Crippen molar-refractivity contribution < 1.29 is 8.42 Å². The van der Waals surface area contributed by atoms with Gasteiger partial charge in [0.15, 0.2) is 0 Å². The fourth-order valence-corrected chi connectivity index (χ4v) is 3.17. The van der Waals surface area contributed by atoms with E-state index in [9.17, 15) is 8.42 Å². The molecule has 144 valence electrons. The summed E-state index contributed by atoms with van der Waals surface area (Å²) >= 11 is 0. The van der Waals surface area contributed by atoms with Gasteiger partial charge in [-0.15, -0.1) is 0 Å². The van der Waals surface area contributed by atoms with Crippen LogP contribution in [0.1, 0.15) is 31.9 Å². The number of nitrogens with one attached hydrogen (secondary N) is 1. The van der Waals surface area contributed by atoms with Crippen LogP contribution >= 0.6 is 0 Å². The highest BCUT2D eigenvalue weighted by Crippen LogP contribution is 2.23. The highest BCUT2D eigenvalue weighted by atomic mass is 32.2. The van der Waals surface area contributed by atoms with E-state index in [-0.39, 0.29) is 10.3 Å². The summed E-state index contributed by atoms with van der Waals surface area (Å²) in [6, 6.07) is 14.9. The zero-order valence-corrected chi connectivity index (χ0v) is 17.3. The van der Waals surface area contributed by atoms with E-state index >= 15 is 0 Å². The zero-order chi connectivity index (χ0) is 20.1. The number of sulfonamides is 1. The summed E-state index contributed by atoms with van der Waals surface area (Å²) in [6.45, 7) is 6.25. The molecule has 0 aliphatic carbocycles. The first-order chi connectivity index (χ1) is 12.6. The van der Waals surface area contributed by atoms with E-state index in [0.29, 0.717) is 0 Å². The maximum atomic E-state index is 12.3. The monoisotopic (exact) mass is 385 g/mol. The third-order valence-electron chi connectivity index (χ3n) is 4.06. The van der Waals surface area contributed by atoms with Gasteiger partial charge in [0.1, 0.15) is 0 Å². The maximum Gasteiger partial charge on any atom is 0.276 e. The maximum absolute atomic E-state index is 12.3. The molecule has 0 radical (unpaired) electrons. The number of hydrogen-bond donors (Lipinski definition) is 1. The van der Waals surface area contributed by atoms with Crippen LogP contribution in [0.5, 0.6) is 0 Å². The molecule has 0 saturated heterocycles. The second-order valence-corrected chi connectivity index (χ2v) is 9.15. The number of nitrogens with zero attached hydrogens (tertiary/aromatic N) is 2. The van der Waals surface area contributed by atoms with E-state index in [1.807, 2.05) is 61.5 Å². The summed E-state index contributed by atoms with van der Waals surface area (Å²) in [4.78, 5) is 4.44. The average molecular weight is 386 g/mol. The molecule has 2 aromatic rings. The van der Waals surface area contributed by atoms with Gasteiger partial charge < -0.3 is 4.90 Å². The Hall–Kier alpha value is -2.60. The number of allylic oxidation sites excluding steroid dienone is 1. The summed E-state index contributed by atoms with van der Waals surface area (Å²) in [5.74, 6) is 0. The third kappa shape index (κ3) is 5.96. The van der Waals surface area contributed by atoms with Crippen LogP contribution in [0.15, 0.2) is 64.6 Å². The smallest absolute Gasteiger partial charge is 0.276 e. The molecule has 0 heterocycles. The third-order valence-corrected chi connectivity index (χ3v) is 5.30. The topological polar surface area (TPSA) is 61.8 Å². The van der Waals surface area contributed by atoms with E-state index in [2.05, 4.69) is 30.7 Å². The normalized spacial score (nSPS) is 12.6. The minimum absolute atomic E-state index is 0.0244. The van der Waals surface area contributed by atoms with E-state index in [1.165, 1.54) is 6.21 Å². The Bertz CT molecular complexity index is 905. The fourth-order valence-electron chi connectivity index (χ4n) is 2.37. The first-order valence-corrected chi connectivity index (χ1v) is 10.2. The second kappa shape index (κ2) is 8.39. The van der Waals surface area contributed by atoms with Gasteiger partial charge in [0.2, 0.25) is 0 Å². The lowest BCUT2D eigenvalue weighted by molar-refractivity contribution is 0.580. The molecular weight excluding hydrogens is 358 g/mol. The Morgan fingerprint density at radius 3 is 2.07 bits per heavy atom. The van der Waals surface area contributed by atoms with Crippen molar-refractivity contribution in [2.45, 2.75) is 31.1 Å². The van der Waals surface area contributed by atoms with Crippen LogP contribution in [0.2, 0.25) is 0 Å². The summed E-state index contributed by atoms with van der Waals surface area (Å²) in [7, 11) is 0.303. The highest BCUT2D eigenvalue weighted by Gasteiger charge is 2.16. The van der Waals surface area contributed by atoms with Gasteiger partial charge in [-0.2, -0.15) is 13.5 Å². The standard InChI is InChI=1S/C21H27N3O2S/c1-21(2,3)18-10-14-20(15-11-18)27(25,26)23-22-16-6-7-17-8-12-19(13-9-17)24(4)5/h6-16,23H,1-5H3/b7-6+,22-16-. The van der Waals surface area contributed by atoms with Crippen molar-refractivity contribution in [3.05, 3.63) is 65.7 Å². The van der Waals surface area contributed by atoms with E-state index in [0.717, 1.165) is 16.8 Å². The molecule has 0 aliphatic heterocycles. The molecule has 0 amide bonds. The first kappa shape index (κ1) is 20.7. The minimum atomic E-state index is -3.67. The summed E-state index contributed by atoms with van der Waals surface area (Å²) in [5.41, 5.74) is 3.18. The van der Waals surface area contributed by atoms with Gasteiger partial charge in [-0.05, 0) is 46.9 Å². The molecule has 0 aliphatic rings. The lowest BCUT2D eigenvalue weighted by atomic mass is 9.87. The second-order valence-electron chi connectivity index (χ2n) is 7.49. The van der Waals surface area contributed by atoms with Crippen LogP contribution in [-0.2, 0) is 15.4 Å². The number of hydrogen-bond acceptors (Lipinski definition) is 4. The van der Waals surface area contributed by atoms with Crippen molar-refractivity contribution in [1.82, 2.24) is 4.83 Å². The number of benzene rings is 2. The van der Waals surface area contributed by atoms with Crippen LogP contribution in [-0.4, -0.2) is 28.7 Å². The number of hydrazone groups is 1. The molecule has 0 bridgehead atoms. The lowest BCUT2D eigenvalue weighted by Gasteiger charge is -2.19. The molecule has 27 heavy (non-hydrogen) atoms. The Labute approximate surface area is 162 Å². The molecule has 0 fully saturated rings. The van der Waals surface area contributed by atoms with Crippen molar-refractivity contribution in [2.75, 3.05) is 19.0 Å². The van der Waals surface area contributed by atoms with E-state index < -0.39 is 10.0 Å². The molecule has 1 N–H and O–H groups in total. The van der Waals surface area contributed by atoms with Crippen LogP contribution in [0.25, 0.3) is 6.08 Å². The quantitative estimate of drug-likeness (QED) is 0.603. The van der Waals surface area contributed by atoms with Crippen molar-refractivity contribution in [3.63, 3.8) is 0 Å². The predicted octanol–water partition coefficient (Wildman–Crippen LogP) is 4.03. The predicted molar refractivity (Wildman–Crippen MR) is 114 cm³/mol. The molecule has 0 spiro atoms. The average Bonchev–Trinajstić information content (AvgIpc) is 2.61. The molecule has 0 unspecified atom stereocenters. The summed E-state index contributed by atoms with van der Waals surface area (Å²) < 4.78 is 24.5. The van der Waals surface area contributed by atoms with Gasteiger partial charge in [-0.1, -0.05) is 51.1 Å². The Morgan fingerprint density at radius 1 is 0.963 bits per heavy atom. The Kier molecular flexibility index (Phi) is 6.44. The Balaban J connectivity index is 1.98. The number of anilines is 1. The zero-order valence-electron chi connectivity index (χ0n) is 16.5. The highest BCUT2D eigenvalue weighted by molar-refractivity contribution is 7.89. The molecule has 2 aromatic carbocycles. The summed E-state index contributed by atoms with van der Waals surface area (Å²) in [6.07, 6.45) is 4.96. The van der Waals surface area contributed by atoms with Crippen molar-refractivity contribution in [3.8, 4) is 0 Å². The molecule has 0 aromatic heterocycles. The van der Waals surface area contributed by atoms with Gasteiger partial charge in [0.25, 0.3) is 10.0 Å². The minimum Gasteiger partial charge on any atom is -0.378 e. The van der Waals surface area contributed by atoms with Gasteiger partial charge in [0, 0.05) is 26.0 Å². The molecule has 2 rings (SSSR count). The van der Waals surface area contributed by atoms with Gasteiger partial charge in [-0.3, -0.25) is 0 Å².